The fraction of sp³-hybridized carbons (Fsp3) is 0.105. The highest BCUT2D eigenvalue weighted by Gasteiger charge is 2.14. The lowest BCUT2D eigenvalue weighted by atomic mass is 10.2. The smallest absolute Gasteiger partial charge is 0.266 e. The van der Waals surface area contributed by atoms with Gasteiger partial charge in [0.2, 0.25) is 0 Å². The van der Waals surface area contributed by atoms with Crippen molar-refractivity contribution in [1.82, 2.24) is 9.78 Å². The average molecular weight is 353 g/mol. The summed E-state index contributed by atoms with van der Waals surface area (Å²) in [5, 5.41) is 10.4. The van der Waals surface area contributed by atoms with Gasteiger partial charge in [0, 0.05) is 7.05 Å². The molecule has 0 spiro atoms. The van der Waals surface area contributed by atoms with E-state index in [2.05, 4.69) is 10.2 Å². The summed E-state index contributed by atoms with van der Waals surface area (Å²) in [5.41, 5.74) is 2.12. The highest BCUT2D eigenvalue weighted by atomic mass is 35.5. The molecule has 2 aromatic carbocycles. The predicted molar refractivity (Wildman–Crippen MR) is 101 cm³/mol. The molecule has 126 valence electrons. The summed E-state index contributed by atoms with van der Waals surface area (Å²) < 4.78 is 1.20. The third kappa shape index (κ3) is 4.14. The maximum Gasteiger partial charge on any atom is 0.287 e. The van der Waals surface area contributed by atoms with Crippen molar-refractivity contribution in [3.8, 4) is 0 Å². The van der Waals surface area contributed by atoms with Crippen LogP contribution < -0.4 is 10.6 Å². The first-order chi connectivity index (χ1) is 12.1. The Morgan fingerprint density at radius 3 is 2.44 bits per heavy atom. The van der Waals surface area contributed by atoms with Crippen LogP contribution in [-0.2, 0) is 13.6 Å². The summed E-state index contributed by atoms with van der Waals surface area (Å²) in [6, 6.07) is 19.6. The summed E-state index contributed by atoms with van der Waals surface area (Å²) in [6.45, 7) is 0.471. The zero-order valence-corrected chi connectivity index (χ0v) is 14.5. The van der Waals surface area contributed by atoms with Crippen LogP contribution >= 0.6 is 11.6 Å². The summed E-state index contributed by atoms with van der Waals surface area (Å²) in [4.78, 5) is 12.1. The monoisotopic (exact) mass is 352 g/mol. The predicted octanol–water partition coefficient (Wildman–Crippen LogP) is 3.47. The molecule has 1 heterocycles. The minimum atomic E-state index is -0.355. The van der Waals surface area contributed by atoms with Crippen molar-refractivity contribution < 1.29 is 0 Å². The number of hydrogen-bond acceptors (Lipinski definition) is 4. The van der Waals surface area contributed by atoms with Crippen molar-refractivity contribution >= 4 is 23.5 Å². The molecule has 6 heteroatoms. The van der Waals surface area contributed by atoms with E-state index in [9.17, 15) is 4.79 Å². The number of rotatable bonds is 5. The average Bonchev–Trinajstić information content (AvgIpc) is 2.65. The Labute approximate surface area is 150 Å². The van der Waals surface area contributed by atoms with Crippen LogP contribution in [0.15, 0.2) is 76.8 Å². The topological polar surface area (TPSA) is 50.5 Å². The normalized spacial score (nSPS) is 11.0. The van der Waals surface area contributed by atoms with Gasteiger partial charge in [0.25, 0.3) is 5.56 Å². The first-order valence-corrected chi connectivity index (χ1v) is 8.15. The quantitative estimate of drug-likeness (QED) is 0.522. The molecule has 0 saturated heterocycles. The first kappa shape index (κ1) is 16.9. The Kier molecular flexibility index (Phi) is 5.26. The molecule has 0 radical (unpaired) electrons. The molecule has 5 nitrogen and oxygen atoms in total. The molecular weight excluding hydrogens is 336 g/mol. The van der Waals surface area contributed by atoms with E-state index in [-0.39, 0.29) is 10.6 Å². The molecule has 0 bridgehead atoms. The van der Waals surface area contributed by atoms with Crippen molar-refractivity contribution in [3.05, 3.63) is 93.4 Å². The molecule has 0 N–H and O–H groups in total. The van der Waals surface area contributed by atoms with Crippen molar-refractivity contribution in [2.45, 2.75) is 6.54 Å². The summed E-state index contributed by atoms with van der Waals surface area (Å²) in [5.74, 6) is 0. The molecule has 1 aromatic heterocycles. The van der Waals surface area contributed by atoms with Gasteiger partial charge in [-0.1, -0.05) is 72.3 Å². The fourth-order valence-corrected chi connectivity index (χ4v) is 2.57. The minimum absolute atomic E-state index is 0.0960. The lowest BCUT2D eigenvalue weighted by molar-refractivity contribution is 0.700. The van der Waals surface area contributed by atoms with Gasteiger partial charge in [-0.2, -0.15) is 10.2 Å². The minimum Gasteiger partial charge on any atom is -0.266 e. The van der Waals surface area contributed by atoms with E-state index < -0.39 is 0 Å². The Balaban J connectivity index is 1.98. The van der Waals surface area contributed by atoms with Gasteiger partial charge < -0.3 is 0 Å². The number of nitrogens with zero attached hydrogens (tertiary/aromatic N) is 4. The number of hydrazone groups is 1. The second-order valence-corrected chi connectivity index (χ2v) is 5.85. The number of anilines is 1. The van der Waals surface area contributed by atoms with Crippen molar-refractivity contribution in [1.29, 1.82) is 0 Å². The van der Waals surface area contributed by atoms with Gasteiger partial charge in [-0.25, -0.2) is 4.68 Å². The molecule has 25 heavy (non-hydrogen) atoms. The van der Waals surface area contributed by atoms with E-state index in [4.69, 9.17) is 11.6 Å². The molecular formula is C19H17ClN4O. The largest absolute Gasteiger partial charge is 0.287 e. The lowest BCUT2D eigenvalue weighted by Crippen LogP contribution is -2.25. The number of hydrogen-bond donors (Lipinski definition) is 0. The second kappa shape index (κ2) is 7.77. The molecule has 0 aliphatic heterocycles. The van der Waals surface area contributed by atoms with E-state index in [1.807, 2.05) is 60.7 Å². The summed E-state index contributed by atoms with van der Waals surface area (Å²) >= 11 is 6.25. The van der Waals surface area contributed by atoms with E-state index in [0.717, 1.165) is 11.1 Å². The molecule has 0 aliphatic rings. The SMILES string of the molecule is Cn1ncc(N(Cc2ccccc2)/N=C/c2ccccc2)c(Cl)c1=O. The van der Waals surface area contributed by atoms with Gasteiger partial charge in [-0.15, -0.1) is 0 Å². The molecule has 0 unspecified atom stereocenters. The third-order valence-electron chi connectivity index (χ3n) is 3.66. The van der Waals surface area contributed by atoms with Gasteiger partial charge in [-0.3, -0.25) is 9.80 Å². The molecule has 3 aromatic rings. The van der Waals surface area contributed by atoms with Crippen LogP contribution in [0.5, 0.6) is 0 Å². The van der Waals surface area contributed by atoms with Crippen LogP contribution in [0.1, 0.15) is 11.1 Å². The van der Waals surface area contributed by atoms with Crippen molar-refractivity contribution in [2.24, 2.45) is 12.1 Å². The Bertz CT molecular complexity index is 923. The van der Waals surface area contributed by atoms with Crippen LogP contribution in [0.3, 0.4) is 0 Å². The molecule has 0 saturated carbocycles. The number of aromatic nitrogens is 2. The summed E-state index contributed by atoms with van der Waals surface area (Å²) in [6.07, 6.45) is 3.28. The highest BCUT2D eigenvalue weighted by Crippen LogP contribution is 2.23. The van der Waals surface area contributed by atoms with Crippen LogP contribution in [-0.4, -0.2) is 16.0 Å². The Morgan fingerprint density at radius 1 is 1.12 bits per heavy atom. The first-order valence-electron chi connectivity index (χ1n) is 7.77. The zero-order valence-electron chi connectivity index (χ0n) is 13.7. The molecule has 3 rings (SSSR count). The second-order valence-electron chi connectivity index (χ2n) is 5.47. The van der Waals surface area contributed by atoms with Gasteiger partial charge in [-0.05, 0) is 11.1 Å². The van der Waals surface area contributed by atoms with E-state index in [0.29, 0.717) is 12.2 Å². The van der Waals surface area contributed by atoms with Gasteiger partial charge in [0.15, 0.2) is 0 Å². The van der Waals surface area contributed by atoms with E-state index >= 15 is 0 Å². The molecule has 0 amide bonds. The zero-order chi connectivity index (χ0) is 17.6. The maximum absolute atomic E-state index is 12.1. The molecule has 0 atom stereocenters. The van der Waals surface area contributed by atoms with Gasteiger partial charge in [0.05, 0.1) is 19.0 Å². The van der Waals surface area contributed by atoms with E-state index in [1.54, 1.807) is 24.5 Å². The third-order valence-corrected chi connectivity index (χ3v) is 4.01. The van der Waals surface area contributed by atoms with Crippen LogP contribution in [0.4, 0.5) is 5.69 Å². The van der Waals surface area contributed by atoms with Crippen LogP contribution in [0.2, 0.25) is 5.02 Å². The van der Waals surface area contributed by atoms with Crippen LogP contribution in [0, 0.1) is 0 Å². The number of benzene rings is 2. The number of aryl methyl sites for hydroxylation is 1. The highest BCUT2D eigenvalue weighted by molar-refractivity contribution is 6.33. The molecule has 0 aliphatic carbocycles. The number of halogens is 1. The summed E-state index contributed by atoms with van der Waals surface area (Å²) in [7, 11) is 1.56. The Hall–Kier alpha value is -2.92. The standard InChI is InChI=1S/C19H17ClN4O/c1-23-19(25)18(20)17(13-21-23)24(14-16-10-6-3-7-11-16)22-12-15-8-4-2-5-9-15/h2-13H,14H2,1H3/b22-12+. The molecule has 0 fully saturated rings. The van der Waals surface area contributed by atoms with Crippen molar-refractivity contribution in [3.63, 3.8) is 0 Å². The van der Waals surface area contributed by atoms with Crippen LogP contribution in [0.25, 0.3) is 0 Å². The van der Waals surface area contributed by atoms with E-state index in [1.165, 1.54) is 4.68 Å². The van der Waals surface area contributed by atoms with Gasteiger partial charge in [0.1, 0.15) is 10.7 Å². The van der Waals surface area contributed by atoms with Gasteiger partial charge >= 0.3 is 0 Å². The van der Waals surface area contributed by atoms with Crippen molar-refractivity contribution in [2.75, 3.05) is 5.01 Å². The maximum atomic E-state index is 12.1. The fourth-order valence-electron chi connectivity index (χ4n) is 2.30. The Morgan fingerprint density at radius 2 is 1.76 bits per heavy atom. The lowest BCUT2D eigenvalue weighted by Gasteiger charge is -2.20.